The molecule has 0 radical (unpaired) electrons. The van der Waals surface area contributed by atoms with Gasteiger partial charge in [-0.3, -0.25) is 0 Å². The second-order valence-electron chi connectivity index (χ2n) is 4.75. The second kappa shape index (κ2) is 9.39. The van der Waals surface area contributed by atoms with Crippen LogP contribution in [0.25, 0.3) is 5.57 Å². The third-order valence-electron chi connectivity index (χ3n) is 3.05. The molecule has 0 saturated heterocycles. The maximum Gasteiger partial charge on any atom is 0.0644 e. The molecule has 1 nitrogen and oxygen atoms in total. The van der Waals surface area contributed by atoms with Gasteiger partial charge in [-0.1, -0.05) is 72.5 Å². The standard InChI is InChI=1S/C21H20O/c1-2-17-22-18-9-14-21(20-12-7-4-8-13-20)16-15-19-10-5-3-6-11-19/h2-8,10-14H,1,9,17-18H2/b21-14+. The van der Waals surface area contributed by atoms with Gasteiger partial charge in [-0.2, -0.15) is 0 Å². The first kappa shape index (κ1) is 15.8. The van der Waals surface area contributed by atoms with Crippen molar-refractivity contribution in [2.45, 2.75) is 6.42 Å². The molecule has 0 unspecified atom stereocenters. The van der Waals surface area contributed by atoms with E-state index in [9.17, 15) is 0 Å². The Labute approximate surface area is 133 Å². The molecule has 0 atom stereocenters. The molecule has 0 fully saturated rings. The minimum atomic E-state index is 0.588. The molecular weight excluding hydrogens is 268 g/mol. The first-order chi connectivity index (χ1) is 10.9. The van der Waals surface area contributed by atoms with Gasteiger partial charge in [0.25, 0.3) is 0 Å². The average Bonchev–Trinajstić information content (AvgIpc) is 2.59. The number of hydrogen-bond donors (Lipinski definition) is 0. The van der Waals surface area contributed by atoms with Crippen LogP contribution in [0, 0.1) is 11.8 Å². The first-order valence-corrected chi connectivity index (χ1v) is 7.41. The Morgan fingerprint density at radius 1 is 1.00 bits per heavy atom. The molecule has 0 saturated carbocycles. The summed E-state index contributed by atoms with van der Waals surface area (Å²) in [5.74, 6) is 6.50. The Hall–Kier alpha value is -2.56. The van der Waals surface area contributed by atoms with Crippen LogP contribution in [-0.4, -0.2) is 13.2 Å². The fraction of sp³-hybridized carbons (Fsp3) is 0.143. The number of rotatable bonds is 6. The van der Waals surface area contributed by atoms with Crippen molar-refractivity contribution in [2.75, 3.05) is 13.2 Å². The predicted octanol–water partition coefficient (Wildman–Crippen LogP) is 4.71. The van der Waals surface area contributed by atoms with Gasteiger partial charge in [0.1, 0.15) is 0 Å². The monoisotopic (exact) mass is 288 g/mol. The highest BCUT2D eigenvalue weighted by Gasteiger charge is 1.97. The van der Waals surface area contributed by atoms with E-state index in [2.05, 4.69) is 36.6 Å². The first-order valence-electron chi connectivity index (χ1n) is 7.41. The molecule has 22 heavy (non-hydrogen) atoms. The van der Waals surface area contributed by atoms with E-state index in [1.54, 1.807) is 6.08 Å². The minimum Gasteiger partial charge on any atom is -0.377 e. The molecule has 2 aromatic carbocycles. The van der Waals surface area contributed by atoms with Gasteiger partial charge in [0.2, 0.25) is 0 Å². The largest absolute Gasteiger partial charge is 0.377 e. The molecule has 110 valence electrons. The van der Waals surface area contributed by atoms with Gasteiger partial charge in [-0.05, 0) is 24.1 Å². The summed E-state index contributed by atoms with van der Waals surface area (Å²) in [5, 5.41) is 0. The van der Waals surface area contributed by atoms with Gasteiger partial charge >= 0.3 is 0 Å². The van der Waals surface area contributed by atoms with E-state index in [-0.39, 0.29) is 0 Å². The van der Waals surface area contributed by atoms with E-state index in [0.29, 0.717) is 13.2 Å². The molecule has 0 aromatic heterocycles. The molecule has 0 N–H and O–H groups in total. The zero-order valence-corrected chi connectivity index (χ0v) is 12.7. The average molecular weight is 288 g/mol. The van der Waals surface area contributed by atoms with E-state index >= 15 is 0 Å². The lowest BCUT2D eigenvalue weighted by atomic mass is 10.0. The fourth-order valence-corrected chi connectivity index (χ4v) is 1.97. The van der Waals surface area contributed by atoms with Crippen LogP contribution < -0.4 is 0 Å². The third-order valence-corrected chi connectivity index (χ3v) is 3.05. The molecule has 2 aromatic rings. The summed E-state index contributed by atoms with van der Waals surface area (Å²) in [7, 11) is 0. The van der Waals surface area contributed by atoms with Crippen LogP contribution in [0.4, 0.5) is 0 Å². The van der Waals surface area contributed by atoms with E-state index in [0.717, 1.165) is 23.1 Å². The summed E-state index contributed by atoms with van der Waals surface area (Å²) >= 11 is 0. The molecule has 2 rings (SSSR count). The Kier molecular flexibility index (Phi) is 6.75. The summed E-state index contributed by atoms with van der Waals surface area (Å²) in [6.45, 7) is 4.90. The molecular formula is C21H20O. The van der Waals surface area contributed by atoms with Crippen LogP contribution >= 0.6 is 0 Å². The molecule has 0 heterocycles. The lowest BCUT2D eigenvalue weighted by Crippen LogP contribution is -1.92. The molecule has 1 heteroatoms. The maximum atomic E-state index is 5.42. The molecule has 0 aliphatic rings. The summed E-state index contributed by atoms with van der Waals surface area (Å²) in [4.78, 5) is 0. The van der Waals surface area contributed by atoms with E-state index < -0.39 is 0 Å². The number of allylic oxidation sites excluding steroid dienone is 1. The summed E-state index contributed by atoms with van der Waals surface area (Å²) in [6.07, 6.45) is 4.73. The lowest BCUT2D eigenvalue weighted by Gasteiger charge is -2.01. The highest BCUT2D eigenvalue weighted by molar-refractivity contribution is 5.79. The highest BCUT2D eigenvalue weighted by Crippen LogP contribution is 2.14. The Bertz CT molecular complexity index is 657. The zero-order chi connectivity index (χ0) is 15.5. The van der Waals surface area contributed by atoms with Gasteiger partial charge in [0, 0.05) is 11.1 Å². The zero-order valence-electron chi connectivity index (χ0n) is 12.7. The van der Waals surface area contributed by atoms with Crippen LogP contribution in [0.1, 0.15) is 17.5 Å². The van der Waals surface area contributed by atoms with Crippen LogP contribution in [0.15, 0.2) is 79.4 Å². The van der Waals surface area contributed by atoms with Crippen molar-refractivity contribution in [3.05, 3.63) is 90.5 Å². The van der Waals surface area contributed by atoms with Gasteiger partial charge < -0.3 is 4.74 Å². The van der Waals surface area contributed by atoms with E-state index in [1.165, 1.54) is 0 Å². The summed E-state index contributed by atoms with van der Waals surface area (Å²) in [5.41, 5.74) is 3.19. The summed E-state index contributed by atoms with van der Waals surface area (Å²) < 4.78 is 5.42. The van der Waals surface area contributed by atoms with Crippen molar-refractivity contribution in [3.8, 4) is 11.8 Å². The van der Waals surface area contributed by atoms with E-state index in [4.69, 9.17) is 4.74 Å². The Morgan fingerprint density at radius 2 is 1.68 bits per heavy atom. The number of hydrogen-bond acceptors (Lipinski definition) is 1. The van der Waals surface area contributed by atoms with E-state index in [1.807, 2.05) is 48.5 Å². The fourth-order valence-electron chi connectivity index (χ4n) is 1.97. The Balaban J connectivity index is 2.14. The van der Waals surface area contributed by atoms with Crippen molar-refractivity contribution < 1.29 is 4.74 Å². The molecule has 0 bridgehead atoms. The maximum absolute atomic E-state index is 5.42. The van der Waals surface area contributed by atoms with Crippen LogP contribution in [0.3, 0.4) is 0 Å². The van der Waals surface area contributed by atoms with Gasteiger partial charge in [0.15, 0.2) is 0 Å². The van der Waals surface area contributed by atoms with Crippen molar-refractivity contribution in [1.82, 2.24) is 0 Å². The van der Waals surface area contributed by atoms with Crippen molar-refractivity contribution in [2.24, 2.45) is 0 Å². The number of ether oxygens (including phenoxy) is 1. The molecule has 0 spiro atoms. The molecule has 0 amide bonds. The third kappa shape index (κ3) is 5.44. The van der Waals surface area contributed by atoms with Crippen LogP contribution in [0.5, 0.6) is 0 Å². The van der Waals surface area contributed by atoms with Gasteiger partial charge in [0.05, 0.1) is 13.2 Å². The Morgan fingerprint density at radius 3 is 2.36 bits per heavy atom. The smallest absolute Gasteiger partial charge is 0.0644 e. The topological polar surface area (TPSA) is 9.23 Å². The SMILES string of the molecule is C=CCOCC/C=C(\C#Cc1ccccc1)c1ccccc1. The summed E-state index contributed by atoms with van der Waals surface area (Å²) in [6, 6.07) is 20.3. The quantitative estimate of drug-likeness (QED) is 0.425. The van der Waals surface area contributed by atoms with Crippen molar-refractivity contribution in [3.63, 3.8) is 0 Å². The van der Waals surface area contributed by atoms with Crippen LogP contribution in [-0.2, 0) is 4.74 Å². The molecule has 0 aliphatic heterocycles. The highest BCUT2D eigenvalue weighted by atomic mass is 16.5. The minimum absolute atomic E-state index is 0.588. The van der Waals surface area contributed by atoms with Crippen molar-refractivity contribution >= 4 is 5.57 Å². The predicted molar refractivity (Wildman–Crippen MR) is 93.4 cm³/mol. The van der Waals surface area contributed by atoms with Gasteiger partial charge in [-0.15, -0.1) is 6.58 Å². The number of benzene rings is 2. The molecule has 0 aliphatic carbocycles. The van der Waals surface area contributed by atoms with Gasteiger partial charge in [-0.25, -0.2) is 0 Å². The lowest BCUT2D eigenvalue weighted by molar-refractivity contribution is 0.168. The van der Waals surface area contributed by atoms with Crippen LogP contribution in [0.2, 0.25) is 0 Å². The van der Waals surface area contributed by atoms with Crippen molar-refractivity contribution in [1.29, 1.82) is 0 Å². The normalized spacial score (nSPS) is 10.6. The second-order valence-corrected chi connectivity index (χ2v) is 4.75.